The summed E-state index contributed by atoms with van der Waals surface area (Å²) in [4.78, 5) is 20.9. The summed E-state index contributed by atoms with van der Waals surface area (Å²) in [6.45, 7) is 0.352. The smallest absolute Gasteiger partial charge is 0.228 e. The monoisotopic (exact) mass is 206 g/mol. The Balaban J connectivity index is 2.56. The third-order valence-corrected chi connectivity index (χ3v) is 1.90. The number of carbonyl (C=O) groups is 1. The van der Waals surface area contributed by atoms with E-state index in [1.807, 2.05) is 24.3 Å². The molecule has 1 amide bonds. The van der Waals surface area contributed by atoms with Crippen LogP contribution in [0.25, 0.3) is 0 Å². The molecular formula is C11H12NO3. The fraction of sp³-hybridized carbons (Fsp3) is 0.273. The second-order valence-electron chi connectivity index (χ2n) is 2.91. The van der Waals surface area contributed by atoms with Crippen LogP contribution in [0.2, 0.25) is 0 Å². The Morgan fingerprint density at radius 1 is 1.47 bits per heavy atom. The maximum absolute atomic E-state index is 11.0. The molecule has 0 aliphatic carbocycles. The molecule has 0 aromatic heterocycles. The number of amides is 1. The second kappa shape index (κ2) is 5.80. The van der Waals surface area contributed by atoms with Crippen LogP contribution >= 0.6 is 0 Å². The SMILES string of the molecule is COc1ccccc1CNC(=O)C[C]=O. The summed E-state index contributed by atoms with van der Waals surface area (Å²) in [7, 11) is 1.57. The lowest BCUT2D eigenvalue weighted by Crippen LogP contribution is -2.22. The number of hydrogen-bond acceptors (Lipinski definition) is 3. The summed E-state index contributed by atoms with van der Waals surface area (Å²) >= 11 is 0. The van der Waals surface area contributed by atoms with Crippen molar-refractivity contribution in [1.29, 1.82) is 0 Å². The summed E-state index contributed by atoms with van der Waals surface area (Å²) in [6.07, 6.45) is 1.31. The lowest BCUT2D eigenvalue weighted by molar-refractivity contribution is -0.120. The standard InChI is InChI=1S/C11H12NO3/c1-15-10-5-3-2-4-9(10)8-12-11(14)6-7-13/h2-5H,6,8H2,1H3,(H,12,14). The van der Waals surface area contributed by atoms with E-state index in [4.69, 9.17) is 4.74 Å². The Bertz CT molecular complexity index is 349. The van der Waals surface area contributed by atoms with Gasteiger partial charge in [-0.25, -0.2) is 0 Å². The van der Waals surface area contributed by atoms with Gasteiger partial charge in [0.1, 0.15) is 5.75 Å². The first-order valence-electron chi connectivity index (χ1n) is 4.51. The molecule has 0 heterocycles. The maximum Gasteiger partial charge on any atom is 0.228 e. The first-order chi connectivity index (χ1) is 7.27. The molecule has 0 saturated heterocycles. The van der Waals surface area contributed by atoms with Crippen LogP contribution < -0.4 is 10.1 Å². The van der Waals surface area contributed by atoms with Crippen molar-refractivity contribution in [3.63, 3.8) is 0 Å². The molecule has 0 fully saturated rings. The predicted octanol–water partition coefficient (Wildman–Crippen LogP) is 0.811. The van der Waals surface area contributed by atoms with Crippen molar-refractivity contribution < 1.29 is 14.3 Å². The molecule has 0 aliphatic heterocycles. The van der Waals surface area contributed by atoms with Gasteiger partial charge >= 0.3 is 0 Å². The molecule has 79 valence electrons. The molecule has 1 N–H and O–H groups in total. The number of para-hydroxylation sites is 1. The fourth-order valence-electron chi connectivity index (χ4n) is 1.17. The van der Waals surface area contributed by atoms with E-state index >= 15 is 0 Å². The molecular weight excluding hydrogens is 194 g/mol. The Labute approximate surface area is 88.2 Å². The fourth-order valence-corrected chi connectivity index (χ4v) is 1.17. The molecule has 0 aliphatic rings. The Morgan fingerprint density at radius 2 is 2.20 bits per heavy atom. The van der Waals surface area contributed by atoms with Gasteiger partial charge in [-0.1, -0.05) is 18.2 Å². The van der Waals surface area contributed by atoms with Crippen molar-refractivity contribution in [3.05, 3.63) is 29.8 Å². The van der Waals surface area contributed by atoms with Crippen molar-refractivity contribution in [3.8, 4) is 5.75 Å². The average Bonchev–Trinajstić information content (AvgIpc) is 2.27. The van der Waals surface area contributed by atoms with Crippen molar-refractivity contribution in [2.24, 2.45) is 0 Å². The number of benzene rings is 1. The minimum absolute atomic E-state index is 0.227. The van der Waals surface area contributed by atoms with Crippen LogP contribution in [-0.4, -0.2) is 19.3 Å². The van der Waals surface area contributed by atoms with Gasteiger partial charge in [-0.2, -0.15) is 0 Å². The lowest BCUT2D eigenvalue weighted by atomic mass is 10.2. The minimum Gasteiger partial charge on any atom is -0.496 e. The van der Waals surface area contributed by atoms with Gasteiger partial charge in [0, 0.05) is 12.1 Å². The normalized spacial score (nSPS) is 9.40. The largest absolute Gasteiger partial charge is 0.496 e. The van der Waals surface area contributed by atoms with Gasteiger partial charge in [0.25, 0.3) is 0 Å². The molecule has 1 rings (SSSR count). The zero-order valence-corrected chi connectivity index (χ0v) is 8.45. The van der Waals surface area contributed by atoms with Crippen LogP contribution in [0.4, 0.5) is 0 Å². The zero-order chi connectivity index (χ0) is 11.1. The third-order valence-electron chi connectivity index (χ3n) is 1.90. The second-order valence-corrected chi connectivity index (χ2v) is 2.91. The highest BCUT2D eigenvalue weighted by Crippen LogP contribution is 2.16. The summed E-state index contributed by atoms with van der Waals surface area (Å²) < 4.78 is 5.11. The van der Waals surface area contributed by atoms with Gasteiger partial charge in [-0.15, -0.1) is 0 Å². The van der Waals surface area contributed by atoms with E-state index in [-0.39, 0.29) is 12.3 Å². The van der Waals surface area contributed by atoms with E-state index < -0.39 is 0 Å². The number of hydrogen-bond donors (Lipinski definition) is 1. The molecule has 15 heavy (non-hydrogen) atoms. The summed E-state index contributed by atoms with van der Waals surface area (Å²) in [6, 6.07) is 7.37. The lowest BCUT2D eigenvalue weighted by Gasteiger charge is -2.08. The van der Waals surface area contributed by atoms with Gasteiger partial charge in [0.15, 0.2) is 0 Å². The van der Waals surface area contributed by atoms with Gasteiger partial charge in [-0.3, -0.25) is 9.59 Å². The van der Waals surface area contributed by atoms with E-state index in [9.17, 15) is 9.59 Å². The van der Waals surface area contributed by atoms with Gasteiger partial charge < -0.3 is 10.1 Å². The molecule has 1 aromatic rings. The summed E-state index contributed by atoms with van der Waals surface area (Å²) in [5.41, 5.74) is 0.874. The molecule has 4 heteroatoms. The summed E-state index contributed by atoms with van der Waals surface area (Å²) in [5.74, 6) is 0.379. The molecule has 0 unspecified atom stereocenters. The van der Waals surface area contributed by atoms with Crippen molar-refractivity contribution >= 4 is 12.2 Å². The van der Waals surface area contributed by atoms with Crippen molar-refractivity contribution in [1.82, 2.24) is 5.32 Å². The van der Waals surface area contributed by atoms with Crippen LogP contribution in [0.15, 0.2) is 24.3 Å². The average molecular weight is 206 g/mol. The number of methoxy groups -OCH3 is 1. The van der Waals surface area contributed by atoms with Crippen LogP contribution in [0.3, 0.4) is 0 Å². The maximum atomic E-state index is 11.0. The first kappa shape index (κ1) is 11.2. The molecule has 0 atom stereocenters. The van der Waals surface area contributed by atoms with Crippen LogP contribution in [0.5, 0.6) is 5.75 Å². The van der Waals surface area contributed by atoms with Crippen LogP contribution in [0.1, 0.15) is 12.0 Å². The third kappa shape index (κ3) is 3.42. The highest BCUT2D eigenvalue weighted by atomic mass is 16.5. The Hall–Kier alpha value is -1.84. The van der Waals surface area contributed by atoms with E-state index in [2.05, 4.69) is 5.32 Å². The van der Waals surface area contributed by atoms with Crippen LogP contribution in [-0.2, 0) is 16.1 Å². The highest BCUT2D eigenvalue weighted by Gasteiger charge is 2.04. The number of ether oxygens (including phenoxy) is 1. The molecule has 0 spiro atoms. The highest BCUT2D eigenvalue weighted by molar-refractivity contribution is 5.88. The first-order valence-corrected chi connectivity index (χ1v) is 4.51. The minimum atomic E-state index is -0.337. The number of carbonyl (C=O) groups excluding carboxylic acids is 2. The zero-order valence-electron chi connectivity index (χ0n) is 8.45. The Kier molecular flexibility index (Phi) is 4.34. The van der Waals surface area contributed by atoms with Gasteiger partial charge in [0.05, 0.1) is 13.5 Å². The van der Waals surface area contributed by atoms with E-state index in [1.165, 1.54) is 6.29 Å². The number of nitrogens with one attached hydrogen (secondary N) is 1. The molecule has 0 saturated carbocycles. The number of rotatable bonds is 5. The molecule has 1 aromatic carbocycles. The predicted molar refractivity (Wildman–Crippen MR) is 55.2 cm³/mol. The van der Waals surface area contributed by atoms with Gasteiger partial charge in [-0.05, 0) is 6.07 Å². The van der Waals surface area contributed by atoms with Crippen LogP contribution in [0, 0.1) is 0 Å². The van der Waals surface area contributed by atoms with E-state index in [1.54, 1.807) is 7.11 Å². The molecule has 0 bridgehead atoms. The van der Waals surface area contributed by atoms with E-state index in [0.29, 0.717) is 12.3 Å². The van der Waals surface area contributed by atoms with Crippen molar-refractivity contribution in [2.75, 3.05) is 7.11 Å². The van der Waals surface area contributed by atoms with Gasteiger partial charge in [0.2, 0.25) is 12.2 Å². The Morgan fingerprint density at radius 3 is 2.87 bits per heavy atom. The quantitative estimate of drug-likeness (QED) is 0.725. The topological polar surface area (TPSA) is 55.4 Å². The molecule has 1 radical (unpaired) electrons. The summed E-state index contributed by atoms with van der Waals surface area (Å²) in [5, 5.41) is 2.59. The molecule has 4 nitrogen and oxygen atoms in total. The van der Waals surface area contributed by atoms with Crippen molar-refractivity contribution in [2.45, 2.75) is 13.0 Å². The van der Waals surface area contributed by atoms with E-state index in [0.717, 1.165) is 5.56 Å².